The van der Waals surface area contributed by atoms with Crippen LogP contribution in [0.5, 0.6) is 0 Å². The lowest BCUT2D eigenvalue weighted by Crippen LogP contribution is -2.35. The molecule has 1 aromatic rings. The van der Waals surface area contributed by atoms with E-state index in [0.29, 0.717) is 6.04 Å². The van der Waals surface area contributed by atoms with Gasteiger partial charge in [-0.15, -0.1) is 0 Å². The van der Waals surface area contributed by atoms with Crippen LogP contribution in [0.3, 0.4) is 0 Å². The van der Waals surface area contributed by atoms with E-state index in [9.17, 15) is 0 Å². The highest BCUT2D eigenvalue weighted by Crippen LogP contribution is 2.57. The third kappa shape index (κ3) is 3.65. The number of fused-ring (bicyclic) bond motifs is 1. The molecule has 21 heavy (non-hydrogen) atoms. The van der Waals surface area contributed by atoms with Crippen molar-refractivity contribution in [3.8, 4) is 0 Å². The van der Waals surface area contributed by atoms with Crippen molar-refractivity contribution in [1.29, 1.82) is 0 Å². The first-order valence-electron chi connectivity index (χ1n) is 8.38. The molecule has 0 bridgehead atoms. The molecular formula is C18H25BrClN. The molecule has 2 fully saturated rings. The first-order valence-corrected chi connectivity index (χ1v) is 9.55. The molecule has 0 aromatic heterocycles. The Balaban J connectivity index is 1.70. The summed E-state index contributed by atoms with van der Waals surface area (Å²) in [4.78, 5) is 0. The van der Waals surface area contributed by atoms with Gasteiger partial charge in [0.25, 0.3) is 0 Å². The van der Waals surface area contributed by atoms with Gasteiger partial charge in [0.1, 0.15) is 0 Å². The fraction of sp³-hybridized carbons (Fsp3) is 0.667. The molecule has 3 atom stereocenters. The largest absolute Gasteiger partial charge is 0.313 e. The van der Waals surface area contributed by atoms with Crippen LogP contribution in [0.25, 0.3) is 0 Å². The number of halogens is 2. The molecule has 1 nitrogen and oxygen atoms in total. The van der Waals surface area contributed by atoms with Crippen molar-refractivity contribution in [2.45, 2.75) is 51.5 Å². The van der Waals surface area contributed by atoms with Crippen LogP contribution in [-0.4, -0.2) is 12.6 Å². The molecule has 2 aliphatic rings. The molecule has 1 aromatic carbocycles. The summed E-state index contributed by atoms with van der Waals surface area (Å²) in [5, 5.41) is 4.71. The van der Waals surface area contributed by atoms with Crippen LogP contribution >= 0.6 is 27.5 Å². The van der Waals surface area contributed by atoms with Crippen LogP contribution in [0.4, 0.5) is 0 Å². The predicted molar refractivity (Wildman–Crippen MR) is 93.9 cm³/mol. The van der Waals surface area contributed by atoms with E-state index in [4.69, 9.17) is 11.6 Å². The van der Waals surface area contributed by atoms with Gasteiger partial charge in [-0.05, 0) is 67.7 Å². The maximum atomic E-state index is 6.43. The molecule has 0 heterocycles. The average molecular weight is 371 g/mol. The molecule has 3 unspecified atom stereocenters. The number of benzene rings is 1. The Morgan fingerprint density at radius 1 is 1.29 bits per heavy atom. The molecule has 0 radical (unpaired) electrons. The van der Waals surface area contributed by atoms with Crippen molar-refractivity contribution < 1.29 is 0 Å². The molecular weight excluding hydrogens is 346 g/mol. The smallest absolute Gasteiger partial charge is 0.0449 e. The van der Waals surface area contributed by atoms with Gasteiger partial charge in [0.15, 0.2) is 0 Å². The van der Waals surface area contributed by atoms with Crippen molar-refractivity contribution in [3.05, 3.63) is 33.3 Å². The van der Waals surface area contributed by atoms with Crippen molar-refractivity contribution in [3.63, 3.8) is 0 Å². The van der Waals surface area contributed by atoms with Crippen LogP contribution in [0, 0.1) is 17.8 Å². The minimum Gasteiger partial charge on any atom is -0.313 e. The Bertz CT molecular complexity index is 478. The van der Waals surface area contributed by atoms with E-state index in [1.54, 1.807) is 0 Å². The maximum Gasteiger partial charge on any atom is 0.0449 e. The highest BCUT2D eigenvalue weighted by atomic mass is 79.9. The van der Waals surface area contributed by atoms with E-state index >= 15 is 0 Å². The summed E-state index contributed by atoms with van der Waals surface area (Å²) in [5.41, 5.74) is 1.29. The lowest BCUT2D eigenvalue weighted by Gasteiger charge is -2.20. The number of rotatable bonds is 6. The van der Waals surface area contributed by atoms with Gasteiger partial charge in [0, 0.05) is 15.5 Å². The minimum absolute atomic E-state index is 0.608. The fourth-order valence-corrected chi connectivity index (χ4v) is 4.99. The molecule has 1 N–H and O–H groups in total. The topological polar surface area (TPSA) is 12.0 Å². The Kier molecular flexibility index (Phi) is 5.29. The SMILES string of the molecule is CCCNC(Cc1ccc(Br)cc1Cl)C1C2CCCCC21. The Morgan fingerprint density at radius 3 is 2.62 bits per heavy atom. The molecule has 0 spiro atoms. The summed E-state index contributed by atoms with van der Waals surface area (Å²) in [5.74, 6) is 2.86. The highest BCUT2D eigenvalue weighted by Gasteiger charge is 2.53. The zero-order chi connectivity index (χ0) is 14.8. The molecule has 2 saturated carbocycles. The third-order valence-electron chi connectivity index (χ3n) is 5.30. The quantitative estimate of drug-likeness (QED) is 0.702. The summed E-state index contributed by atoms with van der Waals surface area (Å²) in [6.45, 7) is 3.37. The first kappa shape index (κ1) is 15.8. The molecule has 2 aliphatic carbocycles. The van der Waals surface area contributed by atoms with Gasteiger partial charge in [0.05, 0.1) is 0 Å². The molecule has 0 aliphatic heterocycles. The van der Waals surface area contributed by atoms with Gasteiger partial charge in [-0.2, -0.15) is 0 Å². The van der Waals surface area contributed by atoms with Crippen LogP contribution in [0.15, 0.2) is 22.7 Å². The van der Waals surface area contributed by atoms with E-state index < -0.39 is 0 Å². The lowest BCUT2D eigenvalue weighted by molar-refractivity contribution is 0.428. The van der Waals surface area contributed by atoms with E-state index in [1.165, 1.54) is 37.7 Å². The van der Waals surface area contributed by atoms with Gasteiger partial charge in [-0.3, -0.25) is 0 Å². The second kappa shape index (κ2) is 7.02. The van der Waals surface area contributed by atoms with Crippen LogP contribution < -0.4 is 5.32 Å². The molecule has 0 amide bonds. The van der Waals surface area contributed by atoms with Crippen molar-refractivity contribution in [2.24, 2.45) is 17.8 Å². The van der Waals surface area contributed by atoms with E-state index in [0.717, 1.165) is 40.2 Å². The second-order valence-corrected chi connectivity index (χ2v) is 8.01. The monoisotopic (exact) mass is 369 g/mol. The molecule has 3 heteroatoms. The predicted octanol–water partition coefficient (Wildman–Crippen LogP) is 5.45. The van der Waals surface area contributed by atoms with Gasteiger partial charge in [0.2, 0.25) is 0 Å². The molecule has 116 valence electrons. The zero-order valence-corrected chi connectivity index (χ0v) is 15.1. The van der Waals surface area contributed by atoms with Crippen molar-refractivity contribution in [2.75, 3.05) is 6.54 Å². The number of hydrogen-bond donors (Lipinski definition) is 1. The van der Waals surface area contributed by atoms with E-state index in [1.807, 2.05) is 6.07 Å². The normalized spacial score (nSPS) is 29.0. The average Bonchev–Trinajstić information content (AvgIpc) is 3.20. The van der Waals surface area contributed by atoms with Crippen LogP contribution in [0.2, 0.25) is 5.02 Å². The van der Waals surface area contributed by atoms with Crippen molar-refractivity contribution in [1.82, 2.24) is 5.32 Å². The van der Waals surface area contributed by atoms with E-state index in [2.05, 4.69) is 40.3 Å². The summed E-state index contributed by atoms with van der Waals surface area (Å²) in [7, 11) is 0. The zero-order valence-electron chi connectivity index (χ0n) is 12.7. The standard InChI is InChI=1S/C18H25BrClN/c1-2-9-21-17(18-14-5-3-4-6-15(14)18)10-12-7-8-13(19)11-16(12)20/h7-8,11,14-15,17-18,21H,2-6,9-10H2,1H3. The summed E-state index contributed by atoms with van der Waals surface area (Å²) < 4.78 is 1.06. The van der Waals surface area contributed by atoms with Crippen molar-refractivity contribution >= 4 is 27.5 Å². The van der Waals surface area contributed by atoms with Gasteiger partial charge in [-0.1, -0.05) is 53.4 Å². The van der Waals surface area contributed by atoms with Crippen LogP contribution in [-0.2, 0) is 6.42 Å². The van der Waals surface area contributed by atoms with Gasteiger partial charge >= 0.3 is 0 Å². The third-order valence-corrected chi connectivity index (χ3v) is 6.14. The lowest BCUT2D eigenvalue weighted by atomic mass is 9.99. The first-order chi connectivity index (χ1) is 10.2. The van der Waals surface area contributed by atoms with Gasteiger partial charge in [-0.25, -0.2) is 0 Å². The Hall–Kier alpha value is -0.0500. The molecule has 0 saturated heterocycles. The maximum absolute atomic E-state index is 6.43. The summed E-state index contributed by atoms with van der Waals surface area (Å²) >= 11 is 9.92. The van der Waals surface area contributed by atoms with Gasteiger partial charge < -0.3 is 5.32 Å². The summed E-state index contributed by atoms with van der Waals surface area (Å²) in [6.07, 6.45) is 8.06. The Morgan fingerprint density at radius 2 is 2.00 bits per heavy atom. The molecule has 3 rings (SSSR count). The fourth-order valence-electron chi connectivity index (χ4n) is 4.24. The van der Waals surface area contributed by atoms with Crippen LogP contribution in [0.1, 0.15) is 44.6 Å². The number of nitrogens with one attached hydrogen (secondary N) is 1. The summed E-state index contributed by atoms with van der Waals surface area (Å²) in [6, 6.07) is 6.92. The highest BCUT2D eigenvalue weighted by molar-refractivity contribution is 9.10. The Labute approximate surface area is 142 Å². The van der Waals surface area contributed by atoms with E-state index in [-0.39, 0.29) is 0 Å². The minimum atomic E-state index is 0.608. The number of hydrogen-bond acceptors (Lipinski definition) is 1. The second-order valence-electron chi connectivity index (χ2n) is 6.69.